The Kier molecular flexibility index (Phi) is 5.13. The number of halogens is 3. The maximum absolute atomic E-state index is 14.4. The maximum Gasteiger partial charge on any atom is 0.258 e. The zero-order valence-electron chi connectivity index (χ0n) is 18.2. The molecule has 0 unspecified atom stereocenters. The third-order valence-corrected chi connectivity index (χ3v) is 6.41. The van der Waals surface area contributed by atoms with Gasteiger partial charge in [0.15, 0.2) is 0 Å². The SMILES string of the molecule is CC1(C)C(=O)N(Cc2c(F)cccc2Cl)c2cc(C(=O)Nc3nc4ccc(F)cc4[nH]3)ccc21. The third-order valence-electron chi connectivity index (χ3n) is 6.06. The lowest BCUT2D eigenvalue weighted by Gasteiger charge is -2.21. The lowest BCUT2D eigenvalue weighted by molar-refractivity contribution is -0.122. The van der Waals surface area contributed by atoms with Crippen LogP contribution >= 0.6 is 11.6 Å². The van der Waals surface area contributed by atoms with Crippen LogP contribution in [0.3, 0.4) is 0 Å². The molecular formula is C25H19ClF2N4O2. The zero-order chi connectivity index (χ0) is 24.2. The number of nitrogens with one attached hydrogen (secondary N) is 2. The van der Waals surface area contributed by atoms with Crippen molar-refractivity contribution < 1.29 is 18.4 Å². The van der Waals surface area contributed by atoms with Crippen molar-refractivity contribution in [2.75, 3.05) is 10.2 Å². The van der Waals surface area contributed by atoms with Gasteiger partial charge in [-0.1, -0.05) is 23.7 Å². The van der Waals surface area contributed by atoms with Crippen LogP contribution in [0.2, 0.25) is 5.02 Å². The lowest BCUT2D eigenvalue weighted by Crippen LogP contribution is -2.36. The minimum absolute atomic E-state index is 0.0685. The number of aromatic nitrogens is 2. The first-order chi connectivity index (χ1) is 16.1. The standard InChI is InChI=1S/C25H19ClF2N4O2/c1-25(2)16-8-6-13(22(33)31-24-29-19-9-7-14(27)11-20(19)30-24)10-21(16)32(23(25)34)12-15-17(26)4-3-5-18(15)28/h3-11H,12H2,1-2H3,(H2,29,30,31,33). The van der Waals surface area contributed by atoms with Gasteiger partial charge < -0.3 is 9.88 Å². The van der Waals surface area contributed by atoms with Gasteiger partial charge in [-0.05, 0) is 61.9 Å². The molecule has 34 heavy (non-hydrogen) atoms. The molecule has 0 radical (unpaired) electrons. The molecule has 4 aromatic rings. The van der Waals surface area contributed by atoms with E-state index in [2.05, 4.69) is 15.3 Å². The van der Waals surface area contributed by atoms with E-state index in [-0.39, 0.29) is 34.5 Å². The summed E-state index contributed by atoms with van der Waals surface area (Å²) in [5, 5.41) is 2.88. The first-order valence-electron chi connectivity index (χ1n) is 10.5. The molecule has 0 aliphatic carbocycles. The molecule has 1 aromatic heterocycles. The van der Waals surface area contributed by atoms with Crippen molar-refractivity contribution in [3.63, 3.8) is 0 Å². The number of amides is 2. The molecule has 0 saturated heterocycles. The quantitative estimate of drug-likeness (QED) is 0.401. The smallest absolute Gasteiger partial charge is 0.258 e. The van der Waals surface area contributed by atoms with Gasteiger partial charge in [0.2, 0.25) is 11.9 Å². The highest BCUT2D eigenvalue weighted by atomic mass is 35.5. The van der Waals surface area contributed by atoms with Gasteiger partial charge in [0, 0.05) is 21.8 Å². The van der Waals surface area contributed by atoms with Crippen LogP contribution in [0, 0.1) is 11.6 Å². The zero-order valence-corrected chi connectivity index (χ0v) is 19.0. The van der Waals surface area contributed by atoms with Crippen molar-refractivity contribution in [1.82, 2.24) is 9.97 Å². The van der Waals surface area contributed by atoms with Crippen molar-refractivity contribution >= 4 is 46.1 Å². The molecule has 0 saturated carbocycles. The Hall–Kier alpha value is -3.78. The van der Waals surface area contributed by atoms with Crippen LogP contribution in [0.4, 0.5) is 20.4 Å². The predicted octanol–water partition coefficient (Wildman–Crippen LogP) is 5.57. The van der Waals surface area contributed by atoms with E-state index in [9.17, 15) is 18.4 Å². The molecule has 2 heterocycles. The molecule has 5 rings (SSSR count). The molecule has 6 nitrogen and oxygen atoms in total. The molecule has 1 aliphatic rings. The summed E-state index contributed by atoms with van der Waals surface area (Å²) in [4.78, 5) is 34.7. The van der Waals surface area contributed by atoms with Gasteiger partial charge in [-0.15, -0.1) is 0 Å². The number of aromatic amines is 1. The fraction of sp³-hybridized carbons (Fsp3) is 0.160. The Morgan fingerprint density at radius 2 is 1.94 bits per heavy atom. The maximum atomic E-state index is 14.4. The number of carbonyl (C=O) groups excluding carboxylic acids is 2. The minimum Gasteiger partial charge on any atom is -0.324 e. The Labute approximate surface area is 198 Å². The van der Waals surface area contributed by atoms with Crippen LogP contribution in [0.1, 0.15) is 35.3 Å². The highest BCUT2D eigenvalue weighted by molar-refractivity contribution is 6.31. The summed E-state index contributed by atoms with van der Waals surface area (Å²) in [5.74, 6) is -1.46. The Morgan fingerprint density at radius 3 is 2.71 bits per heavy atom. The largest absolute Gasteiger partial charge is 0.324 e. The number of H-pyrrole nitrogens is 1. The molecule has 172 valence electrons. The average molecular weight is 481 g/mol. The fourth-order valence-corrected chi connectivity index (χ4v) is 4.43. The second-order valence-electron chi connectivity index (χ2n) is 8.65. The van der Waals surface area contributed by atoms with Crippen LogP contribution in [0.15, 0.2) is 54.6 Å². The van der Waals surface area contributed by atoms with Crippen LogP contribution in [0.25, 0.3) is 11.0 Å². The molecule has 0 spiro atoms. The van der Waals surface area contributed by atoms with Crippen molar-refractivity contribution in [1.29, 1.82) is 0 Å². The minimum atomic E-state index is -0.856. The summed E-state index contributed by atoms with van der Waals surface area (Å²) in [7, 11) is 0. The average Bonchev–Trinajstić information content (AvgIpc) is 3.26. The summed E-state index contributed by atoms with van der Waals surface area (Å²) < 4.78 is 27.9. The first kappa shape index (κ1) is 22.0. The monoisotopic (exact) mass is 480 g/mol. The van der Waals surface area contributed by atoms with Crippen molar-refractivity contribution in [2.24, 2.45) is 0 Å². The van der Waals surface area contributed by atoms with E-state index in [1.807, 2.05) is 0 Å². The van der Waals surface area contributed by atoms with Crippen LogP contribution in [0.5, 0.6) is 0 Å². The van der Waals surface area contributed by atoms with Gasteiger partial charge in [0.1, 0.15) is 11.6 Å². The summed E-state index contributed by atoms with van der Waals surface area (Å²) in [6.45, 7) is 3.50. The second kappa shape index (κ2) is 7.92. The van der Waals surface area contributed by atoms with Gasteiger partial charge in [0.25, 0.3) is 5.91 Å². The van der Waals surface area contributed by atoms with Crippen LogP contribution in [-0.4, -0.2) is 21.8 Å². The van der Waals surface area contributed by atoms with E-state index in [4.69, 9.17) is 11.6 Å². The number of nitrogens with zero attached hydrogens (tertiary/aromatic N) is 2. The molecule has 3 aromatic carbocycles. The number of rotatable bonds is 4. The summed E-state index contributed by atoms with van der Waals surface area (Å²) in [5.41, 5.74) is 1.81. The van der Waals surface area contributed by atoms with E-state index < -0.39 is 23.0 Å². The Bertz CT molecular complexity index is 1460. The Balaban J connectivity index is 1.48. The van der Waals surface area contributed by atoms with E-state index in [1.54, 1.807) is 38.1 Å². The normalized spacial score (nSPS) is 14.5. The number of anilines is 2. The van der Waals surface area contributed by atoms with Gasteiger partial charge in [0.05, 0.1) is 23.0 Å². The first-order valence-corrected chi connectivity index (χ1v) is 10.9. The Morgan fingerprint density at radius 1 is 1.15 bits per heavy atom. The van der Waals surface area contributed by atoms with Gasteiger partial charge in [-0.2, -0.15) is 0 Å². The third kappa shape index (κ3) is 3.60. The molecule has 1 aliphatic heterocycles. The van der Waals surface area contributed by atoms with Crippen LogP contribution in [-0.2, 0) is 16.8 Å². The highest BCUT2D eigenvalue weighted by Gasteiger charge is 2.44. The fourth-order valence-electron chi connectivity index (χ4n) is 4.21. The van der Waals surface area contributed by atoms with Gasteiger partial charge in [-0.3, -0.25) is 14.9 Å². The summed E-state index contributed by atoms with van der Waals surface area (Å²) in [6, 6.07) is 13.4. The molecule has 2 amide bonds. The number of imidazole rings is 1. The molecule has 0 atom stereocenters. The molecule has 9 heteroatoms. The van der Waals surface area contributed by atoms with E-state index in [1.165, 1.54) is 35.2 Å². The predicted molar refractivity (Wildman–Crippen MR) is 126 cm³/mol. The molecule has 2 N–H and O–H groups in total. The molecule has 0 fully saturated rings. The number of hydrogen-bond acceptors (Lipinski definition) is 3. The van der Waals surface area contributed by atoms with E-state index in [0.29, 0.717) is 16.7 Å². The number of carbonyl (C=O) groups is 2. The van der Waals surface area contributed by atoms with Gasteiger partial charge >= 0.3 is 0 Å². The second-order valence-corrected chi connectivity index (χ2v) is 9.06. The molecule has 0 bridgehead atoms. The summed E-state index contributed by atoms with van der Waals surface area (Å²) >= 11 is 6.19. The van der Waals surface area contributed by atoms with E-state index in [0.717, 1.165) is 5.56 Å². The van der Waals surface area contributed by atoms with Crippen molar-refractivity contribution in [3.05, 3.63) is 87.9 Å². The lowest BCUT2D eigenvalue weighted by atomic mass is 9.86. The van der Waals surface area contributed by atoms with Gasteiger partial charge in [-0.25, -0.2) is 13.8 Å². The van der Waals surface area contributed by atoms with Crippen molar-refractivity contribution in [3.8, 4) is 0 Å². The van der Waals surface area contributed by atoms with E-state index >= 15 is 0 Å². The van der Waals surface area contributed by atoms with Crippen molar-refractivity contribution in [2.45, 2.75) is 25.8 Å². The number of fused-ring (bicyclic) bond motifs is 2. The number of hydrogen-bond donors (Lipinski definition) is 2. The summed E-state index contributed by atoms with van der Waals surface area (Å²) in [6.07, 6.45) is 0. The topological polar surface area (TPSA) is 78.1 Å². The highest BCUT2D eigenvalue weighted by Crippen LogP contribution is 2.43. The van der Waals surface area contributed by atoms with Crippen LogP contribution < -0.4 is 10.2 Å². The number of benzene rings is 3. The molecular weight excluding hydrogens is 462 g/mol.